The first kappa shape index (κ1) is 15.3. The molecule has 4 heteroatoms. The van der Waals surface area contributed by atoms with E-state index in [0.29, 0.717) is 12.0 Å². The molecule has 0 spiro atoms. The third-order valence-corrected chi connectivity index (χ3v) is 2.89. The summed E-state index contributed by atoms with van der Waals surface area (Å²) in [5.74, 6) is 0.641. The van der Waals surface area contributed by atoms with Crippen molar-refractivity contribution >= 4 is 6.09 Å². The third kappa shape index (κ3) is 5.71. The predicted molar refractivity (Wildman–Crippen MR) is 73.7 cm³/mol. The number of ether oxygens (including phenoxy) is 1. The number of hydrogen-bond donors (Lipinski definition) is 1. The third-order valence-electron chi connectivity index (χ3n) is 2.89. The lowest BCUT2D eigenvalue weighted by Crippen LogP contribution is -2.49. The average Bonchev–Trinajstić information content (AvgIpc) is 2.24. The zero-order valence-electron chi connectivity index (χ0n) is 12.5. The SMILES string of the molecule is CC(C)CN[C@H]1CCCN(C(=O)OC(C)(C)C)C1. The summed E-state index contributed by atoms with van der Waals surface area (Å²) in [6.45, 7) is 12.7. The monoisotopic (exact) mass is 256 g/mol. The number of piperidine rings is 1. The quantitative estimate of drug-likeness (QED) is 0.844. The highest BCUT2D eigenvalue weighted by Gasteiger charge is 2.27. The molecule has 4 nitrogen and oxygen atoms in total. The molecule has 1 N–H and O–H groups in total. The second-order valence-electron chi connectivity index (χ2n) is 6.57. The minimum atomic E-state index is -0.407. The van der Waals surface area contributed by atoms with Crippen LogP contribution in [0.5, 0.6) is 0 Å². The van der Waals surface area contributed by atoms with Gasteiger partial charge < -0.3 is 15.0 Å². The van der Waals surface area contributed by atoms with E-state index in [-0.39, 0.29) is 6.09 Å². The smallest absolute Gasteiger partial charge is 0.410 e. The van der Waals surface area contributed by atoms with Crippen LogP contribution in [0.3, 0.4) is 0 Å². The van der Waals surface area contributed by atoms with E-state index >= 15 is 0 Å². The molecule has 1 amide bonds. The van der Waals surface area contributed by atoms with Crippen molar-refractivity contribution in [1.29, 1.82) is 0 Å². The summed E-state index contributed by atoms with van der Waals surface area (Å²) in [6.07, 6.45) is 2.01. The second-order valence-corrected chi connectivity index (χ2v) is 6.57. The van der Waals surface area contributed by atoms with Crippen LogP contribution >= 0.6 is 0 Å². The van der Waals surface area contributed by atoms with Gasteiger partial charge in [-0.2, -0.15) is 0 Å². The Bertz CT molecular complexity index is 271. The Labute approximate surface area is 111 Å². The van der Waals surface area contributed by atoms with Crippen LogP contribution in [0.15, 0.2) is 0 Å². The van der Waals surface area contributed by atoms with E-state index in [1.54, 1.807) is 0 Å². The molecule has 0 aromatic rings. The van der Waals surface area contributed by atoms with Gasteiger partial charge in [0.25, 0.3) is 0 Å². The molecule has 1 saturated heterocycles. The molecule has 1 aliphatic heterocycles. The van der Waals surface area contributed by atoms with E-state index in [2.05, 4.69) is 19.2 Å². The van der Waals surface area contributed by atoms with Crippen molar-refractivity contribution < 1.29 is 9.53 Å². The van der Waals surface area contributed by atoms with Gasteiger partial charge in [0, 0.05) is 19.1 Å². The number of hydrogen-bond acceptors (Lipinski definition) is 3. The van der Waals surface area contributed by atoms with Gasteiger partial charge in [0.15, 0.2) is 0 Å². The van der Waals surface area contributed by atoms with E-state index in [1.165, 1.54) is 0 Å². The molecule has 1 heterocycles. The standard InChI is InChI=1S/C14H28N2O2/c1-11(2)9-15-12-7-6-8-16(10-12)13(17)18-14(3,4)5/h11-12,15H,6-10H2,1-5H3/t12-/m0/s1. The molecular formula is C14H28N2O2. The Kier molecular flexibility index (Phi) is 5.45. The summed E-state index contributed by atoms with van der Waals surface area (Å²) >= 11 is 0. The molecular weight excluding hydrogens is 228 g/mol. The highest BCUT2D eigenvalue weighted by molar-refractivity contribution is 5.68. The molecule has 1 atom stereocenters. The van der Waals surface area contributed by atoms with Gasteiger partial charge in [-0.1, -0.05) is 13.8 Å². The van der Waals surface area contributed by atoms with Gasteiger partial charge in [-0.05, 0) is 46.1 Å². The molecule has 18 heavy (non-hydrogen) atoms. The molecule has 1 fully saturated rings. The maximum Gasteiger partial charge on any atom is 0.410 e. The van der Waals surface area contributed by atoms with Crippen LogP contribution in [0.25, 0.3) is 0 Å². The summed E-state index contributed by atoms with van der Waals surface area (Å²) < 4.78 is 5.41. The van der Waals surface area contributed by atoms with Gasteiger partial charge in [-0.25, -0.2) is 4.79 Å². The minimum Gasteiger partial charge on any atom is -0.444 e. The lowest BCUT2D eigenvalue weighted by Gasteiger charge is -2.34. The Morgan fingerprint density at radius 2 is 2.11 bits per heavy atom. The van der Waals surface area contributed by atoms with Gasteiger partial charge in [-0.15, -0.1) is 0 Å². The second kappa shape index (κ2) is 6.41. The van der Waals surface area contributed by atoms with E-state index in [4.69, 9.17) is 4.74 Å². The fraction of sp³-hybridized carbons (Fsp3) is 0.929. The van der Waals surface area contributed by atoms with Crippen LogP contribution in [0.1, 0.15) is 47.5 Å². The van der Waals surface area contributed by atoms with E-state index in [0.717, 1.165) is 32.5 Å². The summed E-state index contributed by atoms with van der Waals surface area (Å²) in [5.41, 5.74) is -0.407. The summed E-state index contributed by atoms with van der Waals surface area (Å²) in [7, 11) is 0. The number of carbonyl (C=O) groups is 1. The summed E-state index contributed by atoms with van der Waals surface area (Å²) in [5, 5.41) is 3.52. The fourth-order valence-electron chi connectivity index (χ4n) is 2.04. The zero-order chi connectivity index (χ0) is 13.8. The van der Waals surface area contributed by atoms with Crippen LogP contribution in [0.2, 0.25) is 0 Å². The largest absolute Gasteiger partial charge is 0.444 e. The van der Waals surface area contributed by atoms with E-state index < -0.39 is 5.60 Å². The Morgan fingerprint density at radius 1 is 1.44 bits per heavy atom. The fourth-order valence-corrected chi connectivity index (χ4v) is 2.04. The topological polar surface area (TPSA) is 41.6 Å². The van der Waals surface area contributed by atoms with Crippen molar-refractivity contribution in [3.63, 3.8) is 0 Å². The molecule has 0 radical (unpaired) electrons. The van der Waals surface area contributed by atoms with Gasteiger partial charge >= 0.3 is 6.09 Å². The van der Waals surface area contributed by atoms with Crippen LogP contribution in [-0.4, -0.2) is 42.3 Å². The normalized spacial score (nSPS) is 21.2. The molecule has 0 aliphatic carbocycles. The van der Waals surface area contributed by atoms with Gasteiger partial charge in [0.2, 0.25) is 0 Å². The number of likely N-dealkylation sites (tertiary alicyclic amines) is 1. The van der Waals surface area contributed by atoms with Crippen LogP contribution < -0.4 is 5.32 Å². The van der Waals surface area contributed by atoms with Crippen LogP contribution in [-0.2, 0) is 4.74 Å². The first-order valence-corrected chi connectivity index (χ1v) is 6.99. The lowest BCUT2D eigenvalue weighted by atomic mass is 10.1. The average molecular weight is 256 g/mol. The Hall–Kier alpha value is -0.770. The summed E-state index contributed by atoms with van der Waals surface area (Å²) in [6, 6.07) is 0.411. The van der Waals surface area contributed by atoms with Crippen molar-refractivity contribution in [2.75, 3.05) is 19.6 Å². The van der Waals surface area contributed by atoms with Crippen LogP contribution in [0.4, 0.5) is 4.79 Å². The summed E-state index contributed by atoms with van der Waals surface area (Å²) in [4.78, 5) is 13.8. The number of carbonyl (C=O) groups excluding carboxylic acids is 1. The van der Waals surface area contributed by atoms with Gasteiger partial charge in [0.05, 0.1) is 0 Å². The van der Waals surface area contributed by atoms with Crippen molar-refractivity contribution in [2.45, 2.75) is 59.1 Å². The first-order valence-electron chi connectivity index (χ1n) is 6.99. The molecule has 1 rings (SSSR count). The predicted octanol–water partition coefficient (Wildman–Crippen LogP) is 2.63. The maximum absolute atomic E-state index is 12.0. The van der Waals surface area contributed by atoms with Crippen LogP contribution in [0, 0.1) is 5.92 Å². The molecule has 0 saturated carbocycles. The number of nitrogens with zero attached hydrogens (tertiary/aromatic N) is 1. The van der Waals surface area contributed by atoms with Crippen molar-refractivity contribution in [1.82, 2.24) is 10.2 Å². The van der Waals surface area contributed by atoms with Crippen molar-refractivity contribution in [2.24, 2.45) is 5.92 Å². The Morgan fingerprint density at radius 3 is 2.67 bits per heavy atom. The molecule has 0 aromatic heterocycles. The maximum atomic E-state index is 12.0. The molecule has 106 valence electrons. The van der Waals surface area contributed by atoms with Gasteiger partial charge in [-0.3, -0.25) is 0 Å². The zero-order valence-corrected chi connectivity index (χ0v) is 12.5. The Balaban J connectivity index is 2.40. The molecule has 0 unspecified atom stereocenters. The molecule has 1 aliphatic rings. The van der Waals surface area contributed by atoms with E-state index in [1.807, 2.05) is 25.7 Å². The number of rotatable bonds is 3. The molecule has 0 bridgehead atoms. The molecule has 0 aromatic carbocycles. The van der Waals surface area contributed by atoms with Crippen molar-refractivity contribution in [3.05, 3.63) is 0 Å². The van der Waals surface area contributed by atoms with Gasteiger partial charge in [0.1, 0.15) is 5.60 Å². The highest BCUT2D eigenvalue weighted by Crippen LogP contribution is 2.15. The van der Waals surface area contributed by atoms with Crippen molar-refractivity contribution in [3.8, 4) is 0 Å². The lowest BCUT2D eigenvalue weighted by molar-refractivity contribution is 0.0187. The number of amides is 1. The highest BCUT2D eigenvalue weighted by atomic mass is 16.6. The minimum absolute atomic E-state index is 0.182. The van der Waals surface area contributed by atoms with E-state index in [9.17, 15) is 4.79 Å². The first-order chi connectivity index (χ1) is 8.28. The number of nitrogens with one attached hydrogen (secondary N) is 1.